The number of rotatable bonds is 5. The van der Waals surface area contributed by atoms with Crippen molar-refractivity contribution >= 4 is 17.0 Å². The fraction of sp³-hybridized carbons (Fsp3) is 0.227. The molecule has 0 atom stereocenters. The lowest BCUT2D eigenvalue weighted by Gasteiger charge is -2.15. The first-order chi connectivity index (χ1) is 13.5. The molecule has 0 saturated carbocycles. The van der Waals surface area contributed by atoms with E-state index in [2.05, 4.69) is 10.1 Å². The largest absolute Gasteiger partial charge is 0.440 e. The van der Waals surface area contributed by atoms with Gasteiger partial charge in [0.25, 0.3) is 5.91 Å². The summed E-state index contributed by atoms with van der Waals surface area (Å²) >= 11 is 0. The summed E-state index contributed by atoms with van der Waals surface area (Å²) in [5, 5.41) is 4.10. The van der Waals surface area contributed by atoms with Crippen LogP contribution >= 0.6 is 0 Å². The molecule has 6 heteroatoms. The number of oxazole rings is 1. The monoisotopic (exact) mass is 375 g/mol. The minimum absolute atomic E-state index is 0.117. The molecule has 0 fully saturated rings. The molecular formula is C22H21N3O3. The Morgan fingerprint density at radius 2 is 1.89 bits per heavy atom. The first kappa shape index (κ1) is 18.0. The van der Waals surface area contributed by atoms with Crippen LogP contribution in [0.5, 0.6) is 0 Å². The molecule has 28 heavy (non-hydrogen) atoms. The highest BCUT2D eigenvalue weighted by molar-refractivity contribution is 5.96. The summed E-state index contributed by atoms with van der Waals surface area (Å²) in [6.45, 7) is 4.37. The summed E-state index contributed by atoms with van der Waals surface area (Å²) in [5.41, 5.74) is 3.66. The Bertz CT molecular complexity index is 1110. The average molecular weight is 375 g/mol. The van der Waals surface area contributed by atoms with Gasteiger partial charge in [-0.15, -0.1) is 0 Å². The molecule has 142 valence electrons. The number of amides is 1. The van der Waals surface area contributed by atoms with Crippen LogP contribution in [0.4, 0.5) is 0 Å². The highest BCUT2D eigenvalue weighted by Gasteiger charge is 2.17. The summed E-state index contributed by atoms with van der Waals surface area (Å²) in [6.07, 6.45) is 0. The van der Waals surface area contributed by atoms with Crippen LogP contribution in [0.3, 0.4) is 0 Å². The van der Waals surface area contributed by atoms with E-state index in [1.54, 1.807) is 30.1 Å². The Morgan fingerprint density at radius 3 is 2.64 bits per heavy atom. The van der Waals surface area contributed by atoms with Crippen LogP contribution < -0.4 is 0 Å². The zero-order chi connectivity index (χ0) is 19.7. The van der Waals surface area contributed by atoms with Crippen molar-refractivity contribution in [3.8, 4) is 11.3 Å². The molecular weight excluding hydrogens is 354 g/mol. The molecule has 0 N–H and O–H groups in total. The lowest BCUT2D eigenvalue weighted by molar-refractivity contribution is 0.0772. The summed E-state index contributed by atoms with van der Waals surface area (Å²) in [4.78, 5) is 18.9. The molecule has 4 rings (SSSR count). The van der Waals surface area contributed by atoms with Gasteiger partial charge in [0, 0.05) is 30.2 Å². The molecule has 2 heterocycles. The van der Waals surface area contributed by atoms with E-state index in [0.29, 0.717) is 34.9 Å². The Hall–Kier alpha value is -3.41. The van der Waals surface area contributed by atoms with E-state index in [4.69, 9.17) is 8.94 Å². The minimum Gasteiger partial charge on any atom is -0.440 e. The molecule has 2 aromatic heterocycles. The van der Waals surface area contributed by atoms with Crippen LogP contribution in [0.15, 0.2) is 63.5 Å². The molecule has 4 aromatic rings. The number of hydrogen-bond acceptors (Lipinski definition) is 5. The smallest absolute Gasteiger partial charge is 0.254 e. The number of fused-ring (bicyclic) bond motifs is 1. The van der Waals surface area contributed by atoms with Crippen LogP contribution in [0.25, 0.3) is 22.4 Å². The van der Waals surface area contributed by atoms with Gasteiger partial charge < -0.3 is 13.8 Å². The maximum absolute atomic E-state index is 12.8. The van der Waals surface area contributed by atoms with E-state index >= 15 is 0 Å². The summed E-state index contributed by atoms with van der Waals surface area (Å²) in [6, 6.07) is 16.9. The Morgan fingerprint density at radius 1 is 1.11 bits per heavy atom. The van der Waals surface area contributed by atoms with Gasteiger partial charge in [-0.3, -0.25) is 4.79 Å². The summed E-state index contributed by atoms with van der Waals surface area (Å²) in [5.74, 6) is 1.37. The molecule has 2 aromatic carbocycles. The van der Waals surface area contributed by atoms with Gasteiger partial charge in [-0.05, 0) is 18.2 Å². The van der Waals surface area contributed by atoms with E-state index in [1.165, 1.54) is 0 Å². The maximum atomic E-state index is 12.8. The molecule has 0 aliphatic heterocycles. The second-order valence-electron chi connectivity index (χ2n) is 7.10. The van der Waals surface area contributed by atoms with Gasteiger partial charge in [-0.1, -0.05) is 49.3 Å². The fourth-order valence-corrected chi connectivity index (χ4v) is 2.98. The predicted octanol–water partition coefficient (Wildman–Crippen LogP) is 4.88. The highest BCUT2D eigenvalue weighted by atomic mass is 16.5. The molecule has 0 bridgehead atoms. The van der Waals surface area contributed by atoms with Crippen LogP contribution in [0, 0.1) is 0 Å². The molecule has 0 spiro atoms. The SMILES string of the molecule is CC(C)c1nc2cc(C(=O)N(C)Cc3cc(-c4ccccc4)no3)ccc2o1. The minimum atomic E-state index is -0.117. The van der Waals surface area contributed by atoms with Gasteiger partial charge in [0.05, 0.1) is 6.54 Å². The van der Waals surface area contributed by atoms with Crippen LogP contribution in [0.1, 0.15) is 41.8 Å². The van der Waals surface area contributed by atoms with Crippen molar-refractivity contribution in [1.29, 1.82) is 0 Å². The molecule has 0 radical (unpaired) electrons. The third-order valence-corrected chi connectivity index (χ3v) is 4.51. The van der Waals surface area contributed by atoms with E-state index in [1.807, 2.05) is 50.2 Å². The topological polar surface area (TPSA) is 72.4 Å². The zero-order valence-electron chi connectivity index (χ0n) is 16.0. The quantitative estimate of drug-likeness (QED) is 0.497. The maximum Gasteiger partial charge on any atom is 0.254 e. The van der Waals surface area contributed by atoms with Crippen LogP contribution in [-0.2, 0) is 6.54 Å². The van der Waals surface area contributed by atoms with Crippen molar-refractivity contribution in [3.63, 3.8) is 0 Å². The molecule has 0 aliphatic carbocycles. The van der Waals surface area contributed by atoms with Gasteiger partial charge >= 0.3 is 0 Å². The van der Waals surface area contributed by atoms with Crippen molar-refractivity contribution < 1.29 is 13.7 Å². The first-order valence-corrected chi connectivity index (χ1v) is 9.18. The lowest BCUT2D eigenvalue weighted by Crippen LogP contribution is -2.25. The number of aromatic nitrogens is 2. The van der Waals surface area contributed by atoms with E-state index in [-0.39, 0.29) is 11.8 Å². The standard InChI is InChI=1S/C22H21N3O3/c1-14(2)21-23-19-11-16(9-10-20(19)27-21)22(26)25(3)13-17-12-18(24-28-17)15-7-5-4-6-8-15/h4-12,14H,13H2,1-3H3. The third kappa shape index (κ3) is 3.53. The number of carbonyl (C=O) groups excluding carboxylic acids is 1. The van der Waals surface area contributed by atoms with Gasteiger partial charge in [-0.2, -0.15) is 0 Å². The first-order valence-electron chi connectivity index (χ1n) is 9.18. The van der Waals surface area contributed by atoms with Gasteiger partial charge in [0.15, 0.2) is 17.2 Å². The van der Waals surface area contributed by atoms with Gasteiger partial charge in [0.1, 0.15) is 11.2 Å². The van der Waals surface area contributed by atoms with E-state index in [0.717, 1.165) is 11.3 Å². The highest BCUT2D eigenvalue weighted by Crippen LogP contribution is 2.23. The van der Waals surface area contributed by atoms with E-state index < -0.39 is 0 Å². The Labute approximate surface area is 162 Å². The van der Waals surface area contributed by atoms with E-state index in [9.17, 15) is 4.79 Å². The van der Waals surface area contributed by atoms with Gasteiger partial charge in [0.2, 0.25) is 0 Å². The van der Waals surface area contributed by atoms with Crippen molar-refractivity contribution in [2.75, 3.05) is 7.05 Å². The fourth-order valence-electron chi connectivity index (χ4n) is 2.98. The predicted molar refractivity (Wildman–Crippen MR) is 106 cm³/mol. The molecule has 1 amide bonds. The number of hydrogen-bond donors (Lipinski definition) is 0. The molecule has 0 aliphatic rings. The van der Waals surface area contributed by atoms with Crippen molar-refractivity contribution in [3.05, 3.63) is 71.8 Å². The zero-order valence-corrected chi connectivity index (χ0v) is 16.0. The normalized spacial score (nSPS) is 11.3. The lowest BCUT2D eigenvalue weighted by atomic mass is 10.1. The molecule has 6 nitrogen and oxygen atoms in total. The second-order valence-corrected chi connectivity index (χ2v) is 7.10. The molecule has 0 saturated heterocycles. The van der Waals surface area contributed by atoms with Crippen molar-refractivity contribution in [2.24, 2.45) is 0 Å². The number of benzene rings is 2. The number of carbonyl (C=O) groups is 1. The Balaban J connectivity index is 1.50. The van der Waals surface area contributed by atoms with Crippen LogP contribution in [0.2, 0.25) is 0 Å². The summed E-state index contributed by atoms with van der Waals surface area (Å²) in [7, 11) is 1.74. The van der Waals surface area contributed by atoms with Crippen molar-refractivity contribution in [1.82, 2.24) is 15.0 Å². The van der Waals surface area contributed by atoms with Crippen molar-refractivity contribution in [2.45, 2.75) is 26.3 Å². The summed E-state index contributed by atoms with van der Waals surface area (Å²) < 4.78 is 11.1. The third-order valence-electron chi connectivity index (χ3n) is 4.51. The average Bonchev–Trinajstić information content (AvgIpc) is 3.34. The van der Waals surface area contributed by atoms with Crippen LogP contribution in [-0.4, -0.2) is 28.0 Å². The Kier molecular flexibility index (Phi) is 4.69. The number of nitrogens with zero attached hydrogens (tertiary/aromatic N) is 3. The second kappa shape index (κ2) is 7.31. The van der Waals surface area contributed by atoms with Gasteiger partial charge in [-0.25, -0.2) is 4.98 Å². The molecule has 0 unspecified atom stereocenters.